The van der Waals surface area contributed by atoms with Crippen LogP contribution in [0, 0.1) is 6.92 Å². The number of nitrogens with zero attached hydrogens (tertiary/aromatic N) is 2. The number of methoxy groups -OCH3 is 1. The Morgan fingerprint density at radius 1 is 1.06 bits per heavy atom. The maximum atomic E-state index is 10.6. The minimum atomic E-state index is -0.547. The second-order valence-corrected chi connectivity index (χ2v) is 9.73. The Morgan fingerprint density at radius 2 is 1.77 bits per heavy atom. The number of hydrogen-bond donors (Lipinski definition) is 1. The number of benzene rings is 2. The lowest BCUT2D eigenvalue weighted by molar-refractivity contribution is 0.0656. The van der Waals surface area contributed by atoms with Gasteiger partial charge in [-0.3, -0.25) is 4.90 Å². The van der Waals surface area contributed by atoms with E-state index in [1.54, 1.807) is 7.11 Å². The standard InChI is InChI=1S/C25H35ClN2O3/c1-18-6-7-19(26)14-23(18)28-12-10-27(11-13-28)16-20(29)17-31-24-9-8-21(30-5)15-22(24)25(2,3)4/h6-9,14-15,20,29H,10-13,16-17H2,1-5H3. The van der Waals surface area contributed by atoms with Gasteiger partial charge >= 0.3 is 0 Å². The van der Waals surface area contributed by atoms with Gasteiger partial charge in [-0.1, -0.05) is 38.4 Å². The van der Waals surface area contributed by atoms with Gasteiger partial charge in [0.1, 0.15) is 24.2 Å². The maximum Gasteiger partial charge on any atom is 0.123 e. The maximum absolute atomic E-state index is 10.6. The van der Waals surface area contributed by atoms with E-state index in [0.717, 1.165) is 48.3 Å². The molecule has 1 unspecified atom stereocenters. The average molecular weight is 447 g/mol. The Balaban J connectivity index is 1.52. The van der Waals surface area contributed by atoms with Gasteiger partial charge in [-0.2, -0.15) is 0 Å². The normalized spacial score (nSPS) is 16.3. The number of halogens is 1. The number of aryl methyl sites for hydroxylation is 1. The van der Waals surface area contributed by atoms with Crippen molar-refractivity contribution < 1.29 is 14.6 Å². The molecule has 2 aromatic rings. The van der Waals surface area contributed by atoms with Gasteiger partial charge in [0.05, 0.1) is 7.11 Å². The van der Waals surface area contributed by atoms with E-state index in [1.165, 1.54) is 11.3 Å². The lowest BCUT2D eigenvalue weighted by atomic mass is 9.86. The first kappa shape index (κ1) is 23.7. The molecule has 1 fully saturated rings. The molecule has 1 saturated heterocycles. The number of rotatable bonds is 7. The van der Waals surface area contributed by atoms with Crippen LogP contribution in [0.3, 0.4) is 0 Å². The molecule has 1 heterocycles. The molecule has 0 saturated carbocycles. The van der Waals surface area contributed by atoms with Crippen LogP contribution in [0.2, 0.25) is 5.02 Å². The van der Waals surface area contributed by atoms with E-state index in [0.29, 0.717) is 6.54 Å². The Kier molecular flexibility index (Phi) is 7.73. The molecular weight excluding hydrogens is 412 g/mol. The van der Waals surface area contributed by atoms with Crippen molar-refractivity contribution in [2.24, 2.45) is 0 Å². The van der Waals surface area contributed by atoms with Gasteiger partial charge in [0.15, 0.2) is 0 Å². The van der Waals surface area contributed by atoms with Crippen LogP contribution in [-0.4, -0.2) is 62.6 Å². The van der Waals surface area contributed by atoms with Crippen molar-refractivity contribution in [1.29, 1.82) is 0 Å². The Labute approximate surface area is 191 Å². The van der Waals surface area contributed by atoms with Crippen molar-refractivity contribution in [3.8, 4) is 11.5 Å². The van der Waals surface area contributed by atoms with Crippen molar-refractivity contribution >= 4 is 17.3 Å². The molecule has 0 spiro atoms. The van der Waals surface area contributed by atoms with Crippen LogP contribution in [0.4, 0.5) is 5.69 Å². The molecule has 5 nitrogen and oxygen atoms in total. The van der Waals surface area contributed by atoms with Crippen molar-refractivity contribution in [2.45, 2.75) is 39.2 Å². The third-order valence-corrected chi connectivity index (χ3v) is 6.01. The van der Waals surface area contributed by atoms with Gasteiger partial charge in [0.2, 0.25) is 0 Å². The lowest BCUT2D eigenvalue weighted by Crippen LogP contribution is -2.49. The van der Waals surface area contributed by atoms with Crippen LogP contribution >= 0.6 is 11.6 Å². The van der Waals surface area contributed by atoms with Crippen molar-refractivity contribution in [1.82, 2.24) is 4.90 Å². The number of anilines is 1. The minimum absolute atomic E-state index is 0.0797. The second kappa shape index (κ2) is 10.1. The number of ether oxygens (including phenoxy) is 2. The summed E-state index contributed by atoms with van der Waals surface area (Å²) in [5.41, 5.74) is 3.43. The minimum Gasteiger partial charge on any atom is -0.497 e. The summed E-state index contributed by atoms with van der Waals surface area (Å²) in [6.07, 6.45) is -0.547. The first-order valence-corrected chi connectivity index (χ1v) is 11.3. The van der Waals surface area contributed by atoms with Crippen molar-refractivity contribution in [3.05, 3.63) is 52.5 Å². The molecule has 31 heavy (non-hydrogen) atoms. The van der Waals surface area contributed by atoms with E-state index in [9.17, 15) is 5.11 Å². The monoisotopic (exact) mass is 446 g/mol. The van der Waals surface area contributed by atoms with E-state index in [4.69, 9.17) is 21.1 Å². The molecule has 0 amide bonds. The largest absolute Gasteiger partial charge is 0.497 e. The van der Waals surface area contributed by atoms with Gasteiger partial charge in [-0.15, -0.1) is 0 Å². The molecule has 0 aromatic heterocycles. The third kappa shape index (κ3) is 6.28. The highest BCUT2D eigenvalue weighted by Crippen LogP contribution is 2.34. The first-order chi connectivity index (χ1) is 14.7. The number of aliphatic hydroxyl groups excluding tert-OH is 1. The topological polar surface area (TPSA) is 45.2 Å². The van der Waals surface area contributed by atoms with Gasteiger partial charge in [0.25, 0.3) is 0 Å². The van der Waals surface area contributed by atoms with Crippen molar-refractivity contribution in [3.63, 3.8) is 0 Å². The fraction of sp³-hybridized carbons (Fsp3) is 0.520. The zero-order valence-corrected chi connectivity index (χ0v) is 20.1. The average Bonchev–Trinajstić information content (AvgIpc) is 2.74. The van der Waals surface area contributed by atoms with Gasteiger partial charge in [-0.05, 0) is 48.2 Å². The van der Waals surface area contributed by atoms with Crippen LogP contribution in [0.1, 0.15) is 31.9 Å². The number of piperazine rings is 1. The van der Waals surface area contributed by atoms with Crippen LogP contribution in [0.15, 0.2) is 36.4 Å². The summed E-state index contributed by atoms with van der Waals surface area (Å²) in [7, 11) is 1.67. The molecule has 1 N–H and O–H groups in total. The lowest BCUT2D eigenvalue weighted by Gasteiger charge is -2.37. The summed E-state index contributed by atoms with van der Waals surface area (Å²) in [5.74, 6) is 1.61. The molecule has 1 aliphatic heterocycles. The highest BCUT2D eigenvalue weighted by atomic mass is 35.5. The predicted octanol–water partition coefficient (Wildman–Crippen LogP) is 4.52. The fourth-order valence-electron chi connectivity index (χ4n) is 3.98. The van der Waals surface area contributed by atoms with E-state index in [-0.39, 0.29) is 12.0 Å². The molecule has 0 aliphatic carbocycles. The first-order valence-electron chi connectivity index (χ1n) is 10.9. The van der Waals surface area contributed by atoms with Crippen molar-refractivity contribution in [2.75, 3.05) is 51.3 Å². The summed E-state index contributed by atoms with van der Waals surface area (Å²) in [6, 6.07) is 11.9. The summed E-state index contributed by atoms with van der Waals surface area (Å²) >= 11 is 6.18. The Morgan fingerprint density at radius 3 is 2.42 bits per heavy atom. The molecular formula is C25H35ClN2O3. The highest BCUT2D eigenvalue weighted by molar-refractivity contribution is 6.30. The van der Waals surface area contributed by atoms with Gasteiger partial charge in [-0.25, -0.2) is 0 Å². The van der Waals surface area contributed by atoms with Crippen LogP contribution in [0.25, 0.3) is 0 Å². The van der Waals surface area contributed by atoms with E-state index < -0.39 is 6.10 Å². The second-order valence-electron chi connectivity index (χ2n) is 9.30. The van der Waals surface area contributed by atoms with Gasteiger partial charge in [0, 0.05) is 49.0 Å². The Bertz CT molecular complexity index is 874. The zero-order chi connectivity index (χ0) is 22.6. The smallest absolute Gasteiger partial charge is 0.123 e. The fourth-order valence-corrected chi connectivity index (χ4v) is 4.15. The quantitative estimate of drug-likeness (QED) is 0.677. The predicted molar refractivity (Wildman–Crippen MR) is 128 cm³/mol. The van der Waals surface area contributed by atoms with E-state index in [2.05, 4.69) is 43.6 Å². The molecule has 0 bridgehead atoms. The molecule has 170 valence electrons. The molecule has 0 radical (unpaired) electrons. The summed E-state index contributed by atoms with van der Waals surface area (Å²) in [6.45, 7) is 13.1. The number of hydrogen-bond acceptors (Lipinski definition) is 5. The summed E-state index contributed by atoms with van der Waals surface area (Å²) in [4.78, 5) is 4.66. The SMILES string of the molecule is COc1ccc(OCC(O)CN2CCN(c3cc(Cl)ccc3C)CC2)c(C(C)(C)C)c1. The molecule has 1 aliphatic rings. The zero-order valence-electron chi connectivity index (χ0n) is 19.3. The van der Waals surface area contributed by atoms with Crippen LogP contribution in [0.5, 0.6) is 11.5 Å². The molecule has 3 rings (SSSR count). The molecule has 2 aromatic carbocycles. The third-order valence-electron chi connectivity index (χ3n) is 5.78. The van der Waals surface area contributed by atoms with Crippen LogP contribution < -0.4 is 14.4 Å². The highest BCUT2D eigenvalue weighted by Gasteiger charge is 2.23. The summed E-state index contributed by atoms with van der Waals surface area (Å²) in [5, 5.41) is 11.4. The Hall–Kier alpha value is -1.95. The van der Waals surface area contributed by atoms with E-state index in [1.807, 2.05) is 30.3 Å². The van der Waals surface area contributed by atoms with Gasteiger partial charge < -0.3 is 19.5 Å². The van der Waals surface area contributed by atoms with E-state index >= 15 is 0 Å². The molecule has 1 atom stereocenters. The summed E-state index contributed by atoms with van der Waals surface area (Å²) < 4.78 is 11.4. The number of aliphatic hydroxyl groups is 1. The van der Waals surface area contributed by atoms with Crippen LogP contribution in [-0.2, 0) is 5.41 Å². The molecule has 6 heteroatoms. The number of β-amino-alcohol motifs (C(OH)–C–C–N with tert-alkyl or cyclic N) is 1.